The Morgan fingerprint density at radius 1 is 0.233 bits per heavy atom. The van der Waals surface area contributed by atoms with Crippen molar-refractivity contribution in [3.63, 3.8) is 0 Å². The zero-order chi connectivity index (χ0) is 48.8. The number of rotatable bonds is 12. The zero-order valence-corrected chi connectivity index (χ0v) is 39.2. The topological polar surface area (TPSA) is 112 Å². The first-order chi connectivity index (χ1) is 36.2. The van der Waals surface area contributed by atoms with Crippen molar-refractivity contribution in [2.75, 3.05) is 0 Å². The summed E-state index contributed by atoms with van der Waals surface area (Å²) in [5.41, 5.74) is 14.6. The van der Waals surface area contributed by atoms with Crippen LogP contribution < -0.4 is 4.74 Å². The number of hydrogen-bond acceptors (Lipinski definition) is 9. The molecule has 0 radical (unpaired) electrons. The third kappa shape index (κ3) is 9.37. The van der Waals surface area contributed by atoms with Crippen LogP contribution in [-0.4, -0.2) is 39.9 Å². The van der Waals surface area contributed by atoms with Gasteiger partial charge in [-0.25, -0.2) is 24.9 Å². The van der Waals surface area contributed by atoms with E-state index in [9.17, 15) is 0 Å². The van der Waals surface area contributed by atoms with Crippen LogP contribution >= 0.6 is 0 Å². The van der Waals surface area contributed by atoms with Crippen LogP contribution in [0.1, 0.15) is 0 Å². The molecule has 0 aliphatic carbocycles. The number of nitrogens with zero attached hydrogens (tertiary/aromatic N) is 8. The molecule has 0 spiro atoms. The summed E-state index contributed by atoms with van der Waals surface area (Å²) in [6, 6.07) is 75.2. The number of pyridine rings is 3. The molecule has 9 heteroatoms. The van der Waals surface area contributed by atoms with Crippen LogP contribution in [-0.2, 0) is 0 Å². The summed E-state index contributed by atoms with van der Waals surface area (Å²) in [7, 11) is 0. The smallest absolute Gasteiger partial charge is 0.164 e. The predicted molar refractivity (Wildman–Crippen MR) is 290 cm³/mol. The van der Waals surface area contributed by atoms with Crippen molar-refractivity contribution < 1.29 is 4.74 Å². The molecule has 5 aromatic heterocycles. The molecule has 0 N–H and O–H groups in total. The van der Waals surface area contributed by atoms with Gasteiger partial charge in [-0.2, -0.15) is 0 Å². The van der Waals surface area contributed by atoms with Crippen LogP contribution in [0.3, 0.4) is 0 Å². The fourth-order valence-electron chi connectivity index (χ4n) is 9.01. The highest BCUT2D eigenvalue weighted by Gasteiger charge is 2.22. The molecule has 0 saturated carbocycles. The van der Waals surface area contributed by atoms with Crippen LogP contribution in [0.4, 0.5) is 0 Å². The summed E-state index contributed by atoms with van der Waals surface area (Å²) in [5, 5.41) is 0. The number of benzene rings is 7. The van der Waals surface area contributed by atoms with E-state index in [1.165, 1.54) is 0 Å². The average molecular weight is 939 g/mol. The van der Waals surface area contributed by atoms with E-state index in [1.54, 1.807) is 24.7 Å². The van der Waals surface area contributed by atoms with E-state index in [1.807, 2.05) is 140 Å². The molecule has 0 bridgehead atoms. The van der Waals surface area contributed by atoms with Crippen LogP contribution in [0.2, 0.25) is 0 Å². The summed E-state index contributed by atoms with van der Waals surface area (Å²) < 4.78 is 6.92. The minimum atomic E-state index is 0.495. The molecule has 0 aliphatic heterocycles. The van der Waals surface area contributed by atoms with Gasteiger partial charge >= 0.3 is 0 Å². The third-order valence-electron chi connectivity index (χ3n) is 12.6. The standard InChI is InChI=1S/C64H42N8O/c1-4-20-54(50(17-1)43-26-30-45(31-27-43)57-23-7-10-36-65-57)62-70-63(55-21-5-2-18-51(55)44-28-32-46(33-29-44)58-24-8-11-37-66-58)72-64(71-62)56-22-6-3-19-52(56)53-35-34-48(61-68-39-14-40-69-61)42-60(53)73-49-16-13-15-47(41-49)59-25-9-12-38-67-59/h1-42H. The van der Waals surface area contributed by atoms with Crippen LogP contribution in [0.25, 0.3) is 113 Å². The second kappa shape index (κ2) is 20.1. The summed E-state index contributed by atoms with van der Waals surface area (Å²) in [6.45, 7) is 0. The van der Waals surface area contributed by atoms with Crippen molar-refractivity contribution in [1.82, 2.24) is 39.9 Å². The monoisotopic (exact) mass is 938 g/mol. The Morgan fingerprint density at radius 2 is 0.644 bits per heavy atom. The molecule has 73 heavy (non-hydrogen) atoms. The van der Waals surface area contributed by atoms with Gasteiger partial charge in [0.15, 0.2) is 23.3 Å². The van der Waals surface area contributed by atoms with Crippen molar-refractivity contribution in [2.24, 2.45) is 0 Å². The molecule has 0 amide bonds. The normalized spacial score (nSPS) is 11.0. The molecule has 0 aliphatic rings. The van der Waals surface area contributed by atoms with Crippen LogP contribution in [0.5, 0.6) is 11.5 Å². The van der Waals surface area contributed by atoms with Crippen molar-refractivity contribution in [3.05, 3.63) is 255 Å². The van der Waals surface area contributed by atoms with Crippen LogP contribution in [0, 0.1) is 0 Å². The van der Waals surface area contributed by atoms with Gasteiger partial charge in [-0.1, -0.05) is 158 Å². The predicted octanol–water partition coefficient (Wildman–Crippen LogP) is 15.3. The van der Waals surface area contributed by atoms with Gasteiger partial charge in [-0.05, 0) is 94.5 Å². The molecule has 12 rings (SSSR count). The van der Waals surface area contributed by atoms with Gasteiger partial charge in [0.05, 0.1) is 17.1 Å². The largest absolute Gasteiger partial charge is 0.457 e. The molecule has 0 saturated heterocycles. The van der Waals surface area contributed by atoms with E-state index in [0.29, 0.717) is 34.8 Å². The molecule has 0 fully saturated rings. The SMILES string of the molecule is c1ccc(-c2ccc(-c3ccccc3-c3nc(-c4ccccc4-c4ccc(-c5ccccn5)cc4)nc(-c4ccccc4-c4ccc(-c5ncccn5)cc4Oc4cccc(-c5ccccn5)c4)n3)cc2)nc1. The number of aromatic nitrogens is 8. The van der Waals surface area contributed by atoms with Crippen molar-refractivity contribution >= 4 is 0 Å². The second-order valence-electron chi connectivity index (χ2n) is 17.2. The lowest BCUT2D eigenvalue weighted by molar-refractivity contribution is 0.485. The van der Waals surface area contributed by atoms with Gasteiger partial charge in [-0.3, -0.25) is 15.0 Å². The average Bonchev–Trinajstić information content (AvgIpc) is 3.48. The van der Waals surface area contributed by atoms with Gasteiger partial charge in [0, 0.05) is 75.5 Å². The lowest BCUT2D eigenvalue weighted by Crippen LogP contribution is -2.03. The Morgan fingerprint density at radius 3 is 1.14 bits per heavy atom. The first-order valence-electron chi connectivity index (χ1n) is 23.9. The molecule has 344 valence electrons. The minimum absolute atomic E-state index is 0.495. The summed E-state index contributed by atoms with van der Waals surface area (Å²) >= 11 is 0. The Hall–Kier alpha value is -10.1. The summed E-state index contributed by atoms with van der Waals surface area (Å²) in [6.07, 6.45) is 8.89. The Labute approximate surface area is 422 Å². The Bertz CT molecular complexity index is 3710. The van der Waals surface area contributed by atoms with E-state index in [0.717, 1.165) is 89.4 Å². The van der Waals surface area contributed by atoms with Gasteiger partial charge < -0.3 is 4.74 Å². The fourth-order valence-corrected chi connectivity index (χ4v) is 9.01. The van der Waals surface area contributed by atoms with Crippen molar-refractivity contribution in [3.8, 4) is 124 Å². The molecule has 9 nitrogen and oxygen atoms in total. The first kappa shape index (κ1) is 44.1. The van der Waals surface area contributed by atoms with Gasteiger partial charge in [0.1, 0.15) is 11.5 Å². The van der Waals surface area contributed by atoms with Gasteiger partial charge in [0.25, 0.3) is 0 Å². The second-order valence-corrected chi connectivity index (χ2v) is 17.2. The Kier molecular flexibility index (Phi) is 12.1. The molecular weight excluding hydrogens is 897 g/mol. The van der Waals surface area contributed by atoms with E-state index < -0.39 is 0 Å². The van der Waals surface area contributed by atoms with Gasteiger partial charge in [0.2, 0.25) is 0 Å². The first-order valence-corrected chi connectivity index (χ1v) is 23.9. The summed E-state index contributed by atoms with van der Waals surface area (Å²) in [4.78, 5) is 39.1. The fraction of sp³-hybridized carbons (Fsp3) is 0. The maximum Gasteiger partial charge on any atom is 0.164 e. The highest BCUT2D eigenvalue weighted by Crippen LogP contribution is 2.43. The molecule has 0 unspecified atom stereocenters. The molecular formula is C64H42N8O. The maximum absolute atomic E-state index is 6.92. The lowest BCUT2D eigenvalue weighted by Gasteiger charge is -2.17. The number of hydrogen-bond donors (Lipinski definition) is 0. The molecule has 12 aromatic rings. The van der Waals surface area contributed by atoms with E-state index in [2.05, 4.69) is 116 Å². The number of ether oxygens (including phenoxy) is 1. The minimum Gasteiger partial charge on any atom is -0.457 e. The third-order valence-corrected chi connectivity index (χ3v) is 12.6. The van der Waals surface area contributed by atoms with Gasteiger partial charge in [-0.15, -0.1) is 0 Å². The highest BCUT2D eigenvalue weighted by molar-refractivity contribution is 5.89. The quantitative estimate of drug-likeness (QED) is 0.118. The van der Waals surface area contributed by atoms with Crippen molar-refractivity contribution in [1.29, 1.82) is 0 Å². The zero-order valence-electron chi connectivity index (χ0n) is 39.2. The maximum atomic E-state index is 6.92. The van der Waals surface area contributed by atoms with E-state index >= 15 is 0 Å². The summed E-state index contributed by atoms with van der Waals surface area (Å²) in [5.74, 6) is 3.37. The highest BCUT2D eigenvalue weighted by atomic mass is 16.5. The lowest BCUT2D eigenvalue weighted by atomic mass is 9.95. The molecule has 5 heterocycles. The van der Waals surface area contributed by atoms with Crippen LogP contribution in [0.15, 0.2) is 255 Å². The Balaban J connectivity index is 1.02. The molecule has 7 aromatic carbocycles. The van der Waals surface area contributed by atoms with Crippen molar-refractivity contribution in [2.45, 2.75) is 0 Å². The van der Waals surface area contributed by atoms with E-state index in [4.69, 9.17) is 19.7 Å². The molecule has 0 atom stereocenters. The van der Waals surface area contributed by atoms with E-state index in [-0.39, 0.29) is 0 Å².